The first-order valence-electron chi connectivity index (χ1n) is 6.89. The second-order valence-electron chi connectivity index (χ2n) is 6.15. The predicted octanol–water partition coefficient (Wildman–Crippen LogP) is 2.65. The quantitative estimate of drug-likeness (QED) is 0.825. The summed E-state index contributed by atoms with van der Waals surface area (Å²) < 4.78 is 37.7. The Balaban J connectivity index is 1.79. The van der Waals surface area contributed by atoms with Crippen LogP contribution >= 0.6 is 0 Å². The number of nitrogens with one attached hydrogen (secondary N) is 1. The highest BCUT2D eigenvalue weighted by atomic mass is 19.4. The van der Waals surface area contributed by atoms with E-state index in [4.69, 9.17) is 0 Å². The number of alkyl halides is 3. The Morgan fingerprint density at radius 2 is 1.72 bits per heavy atom. The second-order valence-corrected chi connectivity index (χ2v) is 6.15. The Kier molecular flexibility index (Phi) is 4.22. The number of hydrogen-bond acceptors (Lipinski definition) is 2. The predicted molar refractivity (Wildman–Crippen MR) is 65.4 cm³/mol. The number of hydrogen-bond donors (Lipinski definition) is 1. The van der Waals surface area contributed by atoms with E-state index in [0.29, 0.717) is 13.1 Å². The van der Waals surface area contributed by atoms with Crippen molar-refractivity contribution in [1.29, 1.82) is 0 Å². The van der Waals surface area contributed by atoms with Gasteiger partial charge in [0, 0.05) is 6.54 Å². The van der Waals surface area contributed by atoms with Crippen LogP contribution in [0, 0.1) is 11.3 Å². The van der Waals surface area contributed by atoms with E-state index in [1.54, 1.807) is 0 Å². The van der Waals surface area contributed by atoms with Crippen molar-refractivity contribution in [3.05, 3.63) is 0 Å². The Hall–Kier alpha value is -0.290. The summed E-state index contributed by atoms with van der Waals surface area (Å²) in [5.74, 6) is -1.07. The van der Waals surface area contributed by atoms with Crippen molar-refractivity contribution in [2.24, 2.45) is 11.3 Å². The molecule has 106 valence electrons. The minimum atomic E-state index is -4.00. The molecule has 0 aromatic rings. The van der Waals surface area contributed by atoms with Crippen LogP contribution in [0.15, 0.2) is 0 Å². The smallest absolute Gasteiger partial charge is 0.317 e. The lowest BCUT2D eigenvalue weighted by Crippen LogP contribution is -2.46. The Labute approximate surface area is 107 Å². The molecule has 0 aromatic carbocycles. The molecule has 2 fully saturated rings. The minimum Gasteiger partial charge on any atom is -0.317 e. The van der Waals surface area contributed by atoms with Crippen LogP contribution < -0.4 is 5.32 Å². The number of halogens is 3. The Morgan fingerprint density at radius 1 is 1.17 bits per heavy atom. The van der Waals surface area contributed by atoms with Crippen molar-refractivity contribution in [1.82, 2.24) is 10.2 Å². The second kappa shape index (κ2) is 5.37. The molecule has 0 saturated carbocycles. The maximum Gasteiger partial charge on any atom is 0.391 e. The van der Waals surface area contributed by atoms with Crippen LogP contribution in [0.4, 0.5) is 13.2 Å². The lowest BCUT2D eigenvalue weighted by molar-refractivity contribution is -0.185. The highest BCUT2D eigenvalue weighted by Gasteiger charge is 2.41. The summed E-state index contributed by atoms with van der Waals surface area (Å²) in [6, 6.07) is 0. The highest BCUT2D eigenvalue weighted by molar-refractivity contribution is 4.86. The van der Waals surface area contributed by atoms with Crippen LogP contribution in [-0.2, 0) is 0 Å². The van der Waals surface area contributed by atoms with E-state index >= 15 is 0 Å². The third-order valence-corrected chi connectivity index (χ3v) is 4.47. The number of rotatable bonds is 2. The van der Waals surface area contributed by atoms with E-state index in [0.717, 1.165) is 32.5 Å². The van der Waals surface area contributed by atoms with E-state index in [1.165, 1.54) is 0 Å². The van der Waals surface area contributed by atoms with Gasteiger partial charge in [-0.25, -0.2) is 0 Å². The first kappa shape index (κ1) is 14.1. The van der Waals surface area contributed by atoms with Gasteiger partial charge in [-0.1, -0.05) is 6.92 Å². The van der Waals surface area contributed by atoms with E-state index in [2.05, 4.69) is 17.1 Å². The van der Waals surface area contributed by atoms with Crippen molar-refractivity contribution >= 4 is 0 Å². The van der Waals surface area contributed by atoms with Crippen LogP contribution in [0.25, 0.3) is 0 Å². The molecule has 2 aliphatic rings. The zero-order valence-corrected chi connectivity index (χ0v) is 11.0. The molecule has 0 spiro atoms. The van der Waals surface area contributed by atoms with Gasteiger partial charge in [0.05, 0.1) is 5.92 Å². The average molecular weight is 264 g/mol. The molecule has 0 unspecified atom stereocenters. The van der Waals surface area contributed by atoms with Crippen molar-refractivity contribution in [3.8, 4) is 0 Å². The third kappa shape index (κ3) is 3.60. The summed E-state index contributed by atoms with van der Waals surface area (Å²) in [7, 11) is 0. The van der Waals surface area contributed by atoms with Gasteiger partial charge in [-0.2, -0.15) is 13.2 Å². The van der Waals surface area contributed by atoms with Gasteiger partial charge in [0.25, 0.3) is 0 Å². The van der Waals surface area contributed by atoms with Gasteiger partial charge < -0.3 is 10.2 Å². The van der Waals surface area contributed by atoms with E-state index < -0.39 is 12.1 Å². The largest absolute Gasteiger partial charge is 0.391 e. The first-order chi connectivity index (χ1) is 8.39. The van der Waals surface area contributed by atoms with Crippen molar-refractivity contribution in [2.75, 3.05) is 32.7 Å². The van der Waals surface area contributed by atoms with E-state index in [-0.39, 0.29) is 18.3 Å². The fourth-order valence-corrected chi connectivity index (χ4v) is 3.15. The summed E-state index contributed by atoms with van der Waals surface area (Å²) in [4.78, 5) is 2.23. The summed E-state index contributed by atoms with van der Waals surface area (Å²) >= 11 is 0. The highest BCUT2D eigenvalue weighted by Crippen LogP contribution is 2.36. The molecule has 2 rings (SSSR count). The summed E-state index contributed by atoms with van der Waals surface area (Å²) in [5, 5.41) is 3.34. The number of likely N-dealkylation sites (tertiary alicyclic amines) is 1. The Morgan fingerprint density at radius 3 is 2.22 bits per heavy atom. The molecule has 2 aliphatic heterocycles. The standard InChI is InChI=1S/C13H23F3N2/c1-12(4-6-17-7-5-12)10-18-8-2-11(3-9-18)13(14,15)16/h11,17H,2-10H2,1H3. The maximum atomic E-state index is 12.6. The van der Waals surface area contributed by atoms with Crippen molar-refractivity contribution in [3.63, 3.8) is 0 Å². The van der Waals surface area contributed by atoms with Crippen LogP contribution in [0.5, 0.6) is 0 Å². The molecule has 18 heavy (non-hydrogen) atoms. The molecule has 2 nitrogen and oxygen atoms in total. The molecule has 5 heteroatoms. The zero-order chi connectivity index (χ0) is 13.2. The molecule has 0 atom stereocenters. The molecular formula is C13H23F3N2. The van der Waals surface area contributed by atoms with Crippen LogP contribution in [0.2, 0.25) is 0 Å². The summed E-state index contributed by atoms with van der Waals surface area (Å²) in [5.41, 5.74) is 0.288. The average Bonchev–Trinajstić information content (AvgIpc) is 2.29. The SMILES string of the molecule is CC1(CN2CCC(C(F)(F)F)CC2)CCNCC1. The van der Waals surface area contributed by atoms with Crippen LogP contribution in [-0.4, -0.2) is 43.8 Å². The Bertz CT molecular complexity index is 264. The summed E-state index contributed by atoms with van der Waals surface area (Å²) in [6.45, 7) is 6.51. The fraction of sp³-hybridized carbons (Fsp3) is 1.00. The van der Waals surface area contributed by atoms with Crippen LogP contribution in [0.3, 0.4) is 0 Å². The third-order valence-electron chi connectivity index (χ3n) is 4.47. The number of piperidine rings is 2. The van der Waals surface area contributed by atoms with E-state index in [9.17, 15) is 13.2 Å². The summed E-state index contributed by atoms with van der Waals surface area (Å²) in [6.07, 6.45) is -1.18. The van der Waals surface area contributed by atoms with Crippen molar-refractivity contribution in [2.45, 2.75) is 38.8 Å². The molecule has 1 N–H and O–H groups in total. The molecule has 2 heterocycles. The van der Waals surface area contributed by atoms with Gasteiger partial charge >= 0.3 is 6.18 Å². The molecule has 0 aliphatic carbocycles. The minimum absolute atomic E-state index is 0.276. The van der Waals surface area contributed by atoms with Gasteiger partial charge in [-0.3, -0.25) is 0 Å². The van der Waals surface area contributed by atoms with Crippen molar-refractivity contribution < 1.29 is 13.2 Å². The molecule has 0 amide bonds. The molecular weight excluding hydrogens is 241 g/mol. The molecule has 0 aromatic heterocycles. The lowest BCUT2D eigenvalue weighted by atomic mass is 9.80. The maximum absolute atomic E-state index is 12.6. The zero-order valence-electron chi connectivity index (χ0n) is 11.0. The van der Waals surface area contributed by atoms with Gasteiger partial charge in [-0.15, -0.1) is 0 Å². The number of nitrogens with zero attached hydrogens (tertiary/aromatic N) is 1. The fourth-order valence-electron chi connectivity index (χ4n) is 3.15. The molecule has 2 saturated heterocycles. The van der Waals surface area contributed by atoms with Gasteiger partial charge in [0.1, 0.15) is 0 Å². The van der Waals surface area contributed by atoms with Gasteiger partial charge in [-0.05, 0) is 57.3 Å². The van der Waals surface area contributed by atoms with E-state index in [1.807, 2.05) is 0 Å². The monoisotopic (exact) mass is 264 g/mol. The first-order valence-corrected chi connectivity index (χ1v) is 6.89. The van der Waals surface area contributed by atoms with Gasteiger partial charge in [0.15, 0.2) is 0 Å². The normalized spacial score (nSPS) is 27.3. The van der Waals surface area contributed by atoms with Gasteiger partial charge in [0.2, 0.25) is 0 Å². The van der Waals surface area contributed by atoms with Crippen LogP contribution in [0.1, 0.15) is 32.6 Å². The topological polar surface area (TPSA) is 15.3 Å². The molecule has 0 radical (unpaired) electrons. The molecule has 0 bridgehead atoms. The lowest BCUT2D eigenvalue weighted by Gasteiger charge is -2.41.